The van der Waals surface area contributed by atoms with Crippen LogP contribution in [-0.2, 0) is 9.53 Å². The van der Waals surface area contributed by atoms with E-state index in [4.69, 9.17) is 4.74 Å². The van der Waals surface area contributed by atoms with Crippen molar-refractivity contribution < 1.29 is 9.53 Å². The van der Waals surface area contributed by atoms with Gasteiger partial charge in [-0.05, 0) is 24.1 Å². The minimum Gasteiger partial charge on any atom is -0.378 e. The predicted octanol–water partition coefficient (Wildman–Crippen LogP) is 1.87. The summed E-state index contributed by atoms with van der Waals surface area (Å²) < 4.78 is 5.21. The Kier molecular flexibility index (Phi) is 3.94. The lowest BCUT2D eigenvalue weighted by molar-refractivity contribution is -0.129. The molecule has 0 spiro atoms. The average Bonchev–Trinajstić information content (AvgIpc) is 2.38. The molecule has 0 aromatic heterocycles. The zero-order valence-electron chi connectivity index (χ0n) is 10.1. The molecule has 1 aromatic rings. The first-order chi connectivity index (χ1) is 8.27. The number of carbonyl (C=O) groups excluding carboxylic acids is 1. The normalized spacial score (nSPS) is 16.4. The number of carbonyl (C=O) groups is 1. The molecule has 17 heavy (non-hydrogen) atoms. The maximum Gasteiger partial charge on any atom is 0.246 e. The highest BCUT2D eigenvalue weighted by Gasteiger charge is 2.13. The van der Waals surface area contributed by atoms with E-state index in [-0.39, 0.29) is 5.91 Å². The van der Waals surface area contributed by atoms with E-state index >= 15 is 0 Å². The van der Waals surface area contributed by atoms with Crippen LogP contribution in [0.1, 0.15) is 11.1 Å². The number of ether oxygens (including phenoxy) is 1. The summed E-state index contributed by atoms with van der Waals surface area (Å²) in [6.45, 7) is 4.71. The van der Waals surface area contributed by atoms with Gasteiger partial charge in [-0.2, -0.15) is 0 Å². The summed E-state index contributed by atoms with van der Waals surface area (Å²) in [4.78, 5) is 13.7. The quantitative estimate of drug-likeness (QED) is 0.727. The highest BCUT2D eigenvalue weighted by atomic mass is 16.5. The number of nitrogens with zero attached hydrogens (tertiary/aromatic N) is 1. The molecule has 1 aliphatic rings. The molecule has 0 radical (unpaired) electrons. The average molecular weight is 231 g/mol. The molecule has 1 amide bonds. The molecule has 1 fully saturated rings. The Morgan fingerprint density at radius 1 is 1.29 bits per heavy atom. The number of benzene rings is 1. The van der Waals surface area contributed by atoms with Crippen LogP contribution >= 0.6 is 0 Å². The number of hydrogen-bond donors (Lipinski definition) is 0. The van der Waals surface area contributed by atoms with Gasteiger partial charge in [-0.25, -0.2) is 0 Å². The third-order valence-electron chi connectivity index (χ3n) is 2.92. The van der Waals surface area contributed by atoms with Gasteiger partial charge < -0.3 is 9.64 Å². The van der Waals surface area contributed by atoms with Crippen molar-refractivity contribution in [3.05, 3.63) is 41.5 Å². The molecule has 3 nitrogen and oxygen atoms in total. The van der Waals surface area contributed by atoms with Gasteiger partial charge in [-0.1, -0.05) is 24.3 Å². The van der Waals surface area contributed by atoms with Crippen molar-refractivity contribution in [1.29, 1.82) is 0 Å². The van der Waals surface area contributed by atoms with Crippen LogP contribution in [0.3, 0.4) is 0 Å². The molecular weight excluding hydrogens is 214 g/mol. The first-order valence-electron chi connectivity index (χ1n) is 5.88. The molecule has 1 aromatic carbocycles. The number of aryl methyl sites for hydroxylation is 1. The van der Waals surface area contributed by atoms with Gasteiger partial charge >= 0.3 is 0 Å². The number of amides is 1. The lowest BCUT2D eigenvalue weighted by atomic mass is 10.1. The topological polar surface area (TPSA) is 29.5 Å². The second-order valence-corrected chi connectivity index (χ2v) is 4.13. The van der Waals surface area contributed by atoms with Crippen LogP contribution in [0.2, 0.25) is 0 Å². The van der Waals surface area contributed by atoms with Crippen LogP contribution in [-0.4, -0.2) is 37.1 Å². The zero-order chi connectivity index (χ0) is 12.1. The summed E-state index contributed by atoms with van der Waals surface area (Å²) >= 11 is 0. The van der Waals surface area contributed by atoms with Crippen LogP contribution in [0.4, 0.5) is 0 Å². The Morgan fingerprint density at radius 3 is 2.71 bits per heavy atom. The minimum absolute atomic E-state index is 0.0663. The van der Waals surface area contributed by atoms with E-state index in [0.29, 0.717) is 26.3 Å². The second-order valence-electron chi connectivity index (χ2n) is 4.13. The van der Waals surface area contributed by atoms with E-state index in [1.54, 1.807) is 6.08 Å². The van der Waals surface area contributed by atoms with E-state index < -0.39 is 0 Å². The molecule has 0 saturated carbocycles. The van der Waals surface area contributed by atoms with Gasteiger partial charge in [0.05, 0.1) is 13.2 Å². The maximum absolute atomic E-state index is 11.9. The minimum atomic E-state index is 0.0663. The Labute approximate surface area is 102 Å². The SMILES string of the molecule is Cc1ccccc1/C=C/C(=O)N1CCOCC1. The molecular formula is C14H17NO2. The molecule has 3 heteroatoms. The van der Waals surface area contributed by atoms with Crippen molar-refractivity contribution in [3.63, 3.8) is 0 Å². The molecule has 0 N–H and O–H groups in total. The van der Waals surface area contributed by atoms with Crippen LogP contribution in [0.5, 0.6) is 0 Å². The Balaban J connectivity index is 2.00. The molecule has 0 aliphatic carbocycles. The highest BCUT2D eigenvalue weighted by molar-refractivity contribution is 5.92. The van der Waals surface area contributed by atoms with E-state index in [1.165, 1.54) is 5.56 Å². The van der Waals surface area contributed by atoms with Gasteiger partial charge in [0.15, 0.2) is 0 Å². The molecule has 2 rings (SSSR count). The Morgan fingerprint density at radius 2 is 2.00 bits per heavy atom. The fraction of sp³-hybridized carbons (Fsp3) is 0.357. The molecule has 1 saturated heterocycles. The van der Waals surface area contributed by atoms with Crippen LogP contribution in [0.25, 0.3) is 6.08 Å². The summed E-state index contributed by atoms with van der Waals surface area (Å²) in [7, 11) is 0. The first-order valence-corrected chi connectivity index (χ1v) is 5.88. The van der Waals surface area contributed by atoms with Gasteiger partial charge in [0.25, 0.3) is 0 Å². The lowest BCUT2D eigenvalue weighted by Crippen LogP contribution is -2.39. The zero-order valence-corrected chi connectivity index (χ0v) is 10.1. The summed E-state index contributed by atoms with van der Waals surface area (Å²) in [5, 5.41) is 0. The van der Waals surface area contributed by atoms with Crippen LogP contribution < -0.4 is 0 Å². The van der Waals surface area contributed by atoms with Gasteiger partial charge in [0, 0.05) is 19.2 Å². The van der Waals surface area contributed by atoms with Crippen molar-refractivity contribution in [1.82, 2.24) is 4.90 Å². The maximum atomic E-state index is 11.9. The van der Waals surface area contributed by atoms with Crippen molar-refractivity contribution >= 4 is 12.0 Å². The van der Waals surface area contributed by atoms with Gasteiger partial charge in [-0.3, -0.25) is 4.79 Å². The standard InChI is InChI=1S/C14H17NO2/c1-12-4-2-3-5-13(12)6-7-14(16)15-8-10-17-11-9-15/h2-7H,8-11H2,1H3/b7-6+. The lowest BCUT2D eigenvalue weighted by Gasteiger charge is -2.25. The monoisotopic (exact) mass is 231 g/mol. The Bertz CT molecular complexity index is 420. The molecule has 0 unspecified atom stereocenters. The second kappa shape index (κ2) is 5.64. The van der Waals surface area contributed by atoms with Gasteiger partial charge in [0.2, 0.25) is 5.91 Å². The van der Waals surface area contributed by atoms with Crippen molar-refractivity contribution in [3.8, 4) is 0 Å². The van der Waals surface area contributed by atoms with Crippen LogP contribution in [0, 0.1) is 6.92 Å². The van der Waals surface area contributed by atoms with Crippen molar-refractivity contribution in [2.75, 3.05) is 26.3 Å². The first kappa shape index (κ1) is 11.9. The van der Waals surface area contributed by atoms with E-state index in [0.717, 1.165) is 5.56 Å². The summed E-state index contributed by atoms with van der Waals surface area (Å²) in [6.07, 6.45) is 3.53. The largest absolute Gasteiger partial charge is 0.378 e. The third kappa shape index (κ3) is 3.17. The molecule has 1 heterocycles. The summed E-state index contributed by atoms with van der Waals surface area (Å²) in [6, 6.07) is 8.03. The van der Waals surface area contributed by atoms with Gasteiger partial charge in [-0.15, -0.1) is 0 Å². The molecule has 0 atom stereocenters. The fourth-order valence-corrected chi connectivity index (χ4v) is 1.82. The smallest absolute Gasteiger partial charge is 0.246 e. The number of rotatable bonds is 2. The van der Waals surface area contributed by atoms with E-state index in [2.05, 4.69) is 0 Å². The van der Waals surface area contributed by atoms with Gasteiger partial charge in [0.1, 0.15) is 0 Å². The molecule has 0 bridgehead atoms. The Hall–Kier alpha value is -1.61. The van der Waals surface area contributed by atoms with Crippen LogP contribution in [0.15, 0.2) is 30.3 Å². The summed E-state index contributed by atoms with van der Waals surface area (Å²) in [5.41, 5.74) is 2.27. The number of morpholine rings is 1. The fourth-order valence-electron chi connectivity index (χ4n) is 1.82. The number of hydrogen-bond acceptors (Lipinski definition) is 2. The molecule has 90 valence electrons. The molecule has 1 aliphatic heterocycles. The summed E-state index contributed by atoms with van der Waals surface area (Å²) in [5.74, 6) is 0.0663. The third-order valence-corrected chi connectivity index (χ3v) is 2.92. The predicted molar refractivity (Wildman–Crippen MR) is 67.6 cm³/mol. The highest BCUT2D eigenvalue weighted by Crippen LogP contribution is 2.09. The van der Waals surface area contributed by atoms with E-state index in [9.17, 15) is 4.79 Å². The van der Waals surface area contributed by atoms with Crippen molar-refractivity contribution in [2.24, 2.45) is 0 Å². The van der Waals surface area contributed by atoms with Crippen molar-refractivity contribution in [2.45, 2.75) is 6.92 Å². The van der Waals surface area contributed by atoms with E-state index in [1.807, 2.05) is 42.2 Å².